The van der Waals surface area contributed by atoms with Gasteiger partial charge in [-0.25, -0.2) is 4.68 Å². The zero-order valence-electron chi connectivity index (χ0n) is 7.96. The number of nitrogen functional groups attached to an aromatic ring is 1. The lowest BCUT2D eigenvalue weighted by molar-refractivity contribution is 0.723. The van der Waals surface area contributed by atoms with Crippen molar-refractivity contribution < 1.29 is 0 Å². The van der Waals surface area contributed by atoms with Crippen molar-refractivity contribution in [3.05, 3.63) is 30.6 Å². The molecule has 0 aliphatic carbocycles. The first-order valence-electron chi connectivity index (χ1n) is 4.42. The Bertz CT molecular complexity index is 494. The summed E-state index contributed by atoms with van der Waals surface area (Å²) >= 11 is 0. The molecule has 2 heterocycles. The molecule has 0 aliphatic heterocycles. The van der Waals surface area contributed by atoms with Crippen LogP contribution in [0, 0.1) is 11.3 Å². The summed E-state index contributed by atoms with van der Waals surface area (Å²) in [7, 11) is 0. The number of nitrogens with zero attached hydrogens (tertiary/aromatic N) is 4. The van der Waals surface area contributed by atoms with E-state index in [2.05, 4.69) is 10.1 Å². The van der Waals surface area contributed by atoms with Crippen molar-refractivity contribution in [3.63, 3.8) is 0 Å². The monoisotopic (exact) mass is 199 g/mol. The molecule has 2 aromatic heterocycles. The molecular formula is C10H9N5. The molecule has 0 atom stereocenters. The maximum absolute atomic E-state index is 8.55. The predicted octanol–water partition coefficient (Wildman–Crippen LogP) is 1.05. The Hall–Kier alpha value is -2.35. The second-order valence-corrected chi connectivity index (χ2v) is 3.01. The summed E-state index contributed by atoms with van der Waals surface area (Å²) in [6.07, 6.45) is 3.38. The standard InChI is InChI=1S/C10H9N5/c11-3-6-15-10(12)7-9(14-15)8-1-4-13-5-2-8/h1-2,4-5,7H,6,12H2. The van der Waals surface area contributed by atoms with E-state index in [1.807, 2.05) is 18.2 Å². The van der Waals surface area contributed by atoms with E-state index in [0.29, 0.717) is 5.82 Å². The fourth-order valence-electron chi connectivity index (χ4n) is 1.29. The van der Waals surface area contributed by atoms with Crippen LogP contribution in [0.4, 0.5) is 5.82 Å². The van der Waals surface area contributed by atoms with Crippen LogP contribution >= 0.6 is 0 Å². The van der Waals surface area contributed by atoms with Gasteiger partial charge in [0.1, 0.15) is 12.4 Å². The van der Waals surface area contributed by atoms with Crippen LogP contribution in [0.15, 0.2) is 30.6 Å². The number of pyridine rings is 1. The van der Waals surface area contributed by atoms with E-state index in [1.165, 1.54) is 4.68 Å². The van der Waals surface area contributed by atoms with Crippen LogP contribution < -0.4 is 5.73 Å². The number of rotatable bonds is 2. The summed E-state index contributed by atoms with van der Waals surface area (Å²) in [4.78, 5) is 3.92. The molecule has 0 aliphatic rings. The third kappa shape index (κ3) is 1.79. The van der Waals surface area contributed by atoms with Crippen molar-refractivity contribution in [1.29, 1.82) is 5.26 Å². The fourth-order valence-corrected chi connectivity index (χ4v) is 1.29. The number of hydrogen-bond donors (Lipinski definition) is 1. The molecule has 2 aromatic rings. The number of aromatic nitrogens is 3. The maximum Gasteiger partial charge on any atom is 0.130 e. The van der Waals surface area contributed by atoms with Crippen LogP contribution in [-0.2, 0) is 6.54 Å². The second kappa shape index (κ2) is 3.80. The Morgan fingerprint density at radius 3 is 2.80 bits per heavy atom. The lowest BCUT2D eigenvalue weighted by atomic mass is 10.2. The van der Waals surface area contributed by atoms with E-state index >= 15 is 0 Å². The van der Waals surface area contributed by atoms with E-state index in [-0.39, 0.29) is 6.54 Å². The molecular weight excluding hydrogens is 190 g/mol. The van der Waals surface area contributed by atoms with Crippen molar-refractivity contribution in [2.24, 2.45) is 0 Å². The zero-order valence-corrected chi connectivity index (χ0v) is 7.96. The van der Waals surface area contributed by atoms with Gasteiger partial charge in [-0.1, -0.05) is 0 Å². The number of hydrogen-bond acceptors (Lipinski definition) is 4. The van der Waals surface area contributed by atoms with Gasteiger partial charge in [0.15, 0.2) is 0 Å². The van der Waals surface area contributed by atoms with E-state index in [1.54, 1.807) is 18.5 Å². The van der Waals surface area contributed by atoms with Crippen molar-refractivity contribution in [2.75, 3.05) is 5.73 Å². The van der Waals surface area contributed by atoms with Crippen LogP contribution in [-0.4, -0.2) is 14.8 Å². The van der Waals surface area contributed by atoms with Gasteiger partial charge in [-0.05, 0) is 12.1 Å². The molecule has 0 saturated heterocycles. The van der Waals surface area contributed by atoms with Gasteiger partial charge in [0.25, 0.3) is 0 Å². The van der Waals surface area contributed by atoms with E-state index in [9.17, 15) is 0 Å². The predicted molar refractivity (Wildman–Crippen MR) is 55.5 cm³/mol. The summed E-state index contributed by atoms with van der Waals surface area (Å²) < 4.78 is 1.47. The third-order valence-electron chi connectivity index (χ3n) is 2.01. The highest BCUT2D eigenvalue weighted by Crippen LogP contribution is 2.18. The molecule has 0 aromatic carbocycles. The Kier molecular flexibility index (Phi) is 2.33. The molecule has 0 saturated carbocycles. The highest BCUT2D eigenvalue weighted by Gasteiger charge is 2.05. The highest BCUT2D eigenvalue weighted by atomic mass is 15.3. The van der Waals surface area contributed by atoms with E-state index in [4.69, 9.17) is 11.0 Å². The largest absolute Gasteiger partial charge is 0.384 e. The summed E-state index contributed by atoms with van der Waals surface area (Å²) in [6, 6.07) is 7.43. The van der Waals surface area contributed by atoms with Crippen LogP contribution in [0.25, 0.3) is 11.3 Å². The lowest BCUT2D eigenvalue weighted by Crippen LogP contribution is -2.02. The molecule has 5 nitrogen and oxygen atoms in total. The van der Waals surface area contributed by atoms with Crippen LogP contribution in [0.1, 0.15) is 0 Å². The molecule has 5 heteroatoms. The molecule has 0 fully saturated rings. The Morgan fingerprint density at radius 2 is 2.13 bits per heavy atom. The minimum atomic E-state index is 0.164. The highest BCUT2D eigenvalue weighted by molar-refractivity contribution is 5.61. The Labute approximate surface area is 86.8 Å². The lowest BCUT2D eigenvalue weighted by Gasteiger charge is -1.95. The fraction of sp³-hybridized carbons (Fsp3) is 0.100. The first kappa shape index (κ1) is 9.21. The quantitative estimate of drug-likeness (QED) is 0.783. The van der Waals surface area contributed by atoms with Gasteiger partial charge in [-0.2, -0.15) is 10.4 Å². The SMILES string of the molecule is N#CCn1nc(-c2ccncc2)cc1N. The van der Waals surface area contributed by atoms with Crippen molar-refractivity contribution in [2.45, 2.75) is 6.54 Å². The minimum Gasteiger partial charge on any atom is -0.384 e. The van der Waals surface area contributed by atoms with Gasteiger partial charge < -0.3 is 5.73 Å². The van der Waals surface area contributed by atoms with Crippen molar-refractivity contribution in [3.8, 4) is 17.3 Å². The number of anilines is 1. The van der Waals surface area contributed by atoms with Crippen molar-refractivity contribution in [1.82, 2.24) is 14.8 Å². The summed E-state index contributed by atoms with van der Waals surface area (Å²) in [5.74, 6) is 0.489. The molecule has 74 valence electrons. The van der Waals surface area contributed by atoms with Crippen LogP contribution in [0.2, 0.25) is 0 Å². The Balaban J connectivity index is 2.40. The van der Waals surface area contributed by atoms with Gasteiger partial charge >= 0.3 is 0 Å². The molecule has 0 radical (unpaired) electrons. The zero-order chi connectivity index (χ0) is 10.7. The van der Waals surface area contributed by atoms with E-state index in [0.717, 1.165) is 11.3 Å². The molecule has 0 spiro atoms. The molecule has 0 bridgehead atoms. The van der Waals surface area contributed by atoms with E-state index < -0.39 is 0 Å². The summed E-state index contributed by atoms with van der Waals surface area (Å²) in [5, 5.41) is 12.8. The van der Waals surface area contributed by atoms with Gasteiger partial charge in [-0.15, -0.1) is 0 Å². The second-order valence-electron chi connectivity index (χ2n) is 3.01. The normalized spacial score (nSPS) is 9.80. The van der Waals surface area contributed by atoms with Crippen LogP contribution in [0.5, 0.6) is 0 Å². The first-order valence-corrected chi connectivity index (χ1v) is 4.42. The maximum atomic E-state index is 8.55. The average molecular weight is 199 g/mol. The van der Waals surface area contributed by atoms with Gasteiger partial charge in [0.05, 0.1) is 11.8 Å². The molecule has 2 rings (SSSR count). The third-order valence-corrected chi connectivity index (χ3v) is 2.01. The topological polar surface area (TPSA) is 80.5 Å². The number of nitriles is 1. The average Bonchev–Trinajstić information content (AvgIpc) is 2.63. The smallest absolute Gasteiger partial charge is 0.130 e. The van der Waals surface area contributed by atoms with Gasteiger partial charge in [-0.3, -0.25) is 4.98 Å². The van der Waals surface area contributed by atoms with Crippen molar-refractivity contribution >= 4 is 5.82 Å². The molecule has 0 unspecified atom stereocenters. The minimum absolute atomic E-state index is 0.164. The van der Waals surface area contributed by atoms with Gasteiger partial charge in [0.2, 0.25) is 0 Å². The number of nitrogens with two attached hydrogens (primary N) is 1. The summed E-state index contributed by atoms with van der Waals surface area (Å²) in [6.45, 7) is 0.164. The van der Waals surface area contributed by atoms with Crippen LogP contribution in [0.3, 0.4) is 0 Å². The molecule has 2 N–H and O–H groups in total. The summed E-state index contributed by atoms with van der Waals surface area (Å²) in [5.41, 5.74) is 7.39. The Morgan fingerprint density at radius 1 is 1.40 bits per heavy atom. The molecule has 15 heavy (non-hydrogen) atoms. The first-order chi connectivity index (χ1) is 7.31. The van der Waals surface area contributed by atoms with Gasteiger partial charge in [0, 0.05) is 24.0 Å². The molecule has 0 amide bonds.